The van der Waals surface area contributed by atoms with E-state index in [4.69, 9.17) is 4.42 Å². The molecule has 2 aliphatic heterocycles. The molecule has 2 aromatic heterocycles. The number of aromatic nitrogens is 1. The van der Waals surface area contributed by atoms with Crippen LogP contribution < -0.4 is 15.7 Å². The molecule has 300 valence electrons. The van der Waals surface area contributed by atoms with E-state index in [0.717, 1.165) is 21.9 Å². The molecule has 4 heterocycles. The SMILES string of the molecule is CC(C)(C)c1ccc(N2B3c4cc5c(cc4-n4c6ccc(C(C)(C)C)cc6c6c7c(c(c3c64)-c3cc(C(C)(C)C)ccc32)-c2ccccc2C7(C)C)oc2ccccc25)cc1. The van der Waals surface area contributed by atoms with Gasteiger partial charge in [0.05, 0.1) is 11.0 Å². The first-order chi connectivity index (χ1) is 28.9. The number of anilines is 2. The molecule has 3 aliphatic rings. The zero-order valence-corrected chi connectivity index (χ0v) is 37.4. The average Bonchev–Trinajstić information content (AvgIpc) is 3.83. The van der Waals surface area contributed by atoms with E-state index in [0.29, 0.717) is 0 Å². The van der Waals surface area contributed by atoms with Crippen LogP contribution in [0.4, 0.5) is 11.4 Å². The summed E-state index contributed by atoms with van der Waals surface area (Å²) in [6.45, 7) is 25.8. The van der Waals surface area contributed by atoms with Gasteiger partial charge >= 0.3 is 6.85 Å². The Kier molecular flexibility index (Phi) is 7.05. The summed E-state index contributed by atoms with van der Waals surface area (Å²) in [7, 11) is 0. The number of nitrogens with zero attached hydrogens (tertiary/aromatic N) is 2. The fourth-order valence-corrected chi connectivity index (χ4v) is 11.4. The van der Waals surface area contributed by atoms with E-state index in [9.17, 15) is 0 Å². The highest BCUT2D eigenvalue weighted by Gasteiger charge is 2.50. The molecule has 0 spiro atoms. The van der Waals surface area contributed by atoms with Gasteiger partial charge in [0, 0.05) is 55.7 Å². The lowest BCUT2D eigenvalue weighted by atomic mass is 9.43. The molecule has 0 saturated heterocycles. The van der Waals surface area contributed by atoms with E-state index in [-0.39, 0.29) is 28.5 Å². The number of fused-ring (bicyclic) bond motifs is 16. The standard InChI is InChI=1S/C57H53BN2O/c1-54(2,3)32-20-24-35(25-21-32)60-44-27-23-34(56(7,8)9)29-40(44)49-48-37-17-12-14-18-41(37)57(10,11)51(48)50-39-28-33(55(4,5)6)22-26-43(39)59-45-31-47-38(36-16-13-15-19-46(36)61-47)30-42(45)58(60)52(49)53(50)59/h12-31H,1-11H3. The van der Waals surface area contributed by atoms with Gasteiger partial charge in [-0.3, -0.25) is 0 Å². The van der Waals surface area contributed by atoms with Crippen LogP contribution in [-0.4, -0.2) is 11.4 Å². The van der Waals surface area contributed by atoms with E-state index in [2.05, 4.69) is 207 Å². The second-order valence-electron chi connectivity index (χ2n) is 21.8. The summed E-state index contributed by atoms with van der Waals surface area (Å²) in [6, 6.07) is 46.8. The summed E-state index contributed by atoms with van der Waals surface area (Å²) >= 11 is 0. The lowest BCUT2D eigenvalue weighted by Gasteiger charge is -2.43. The van der Waals surface area contributed by atoms with Gasteiger partial charge in [0.2, 0.25) is 0 Å². The topological polar surface area (TPSA) is 21.3 Å². The summed E-state index contributed by atoms with van der Waals surface area (Å²) in [5.74, 6) is 0. The van der Waals surface area contributed by atoms with Gasteiger partial charge in [-0.25, -0.2) is 0 Å². The van der Waals surface area contributed by atoms with Crippen molar-refractivity contribution in [3.05, 3.63) is 149 Å². The summed E-state index contributed by atoms with van der Waals surface area (Å²) in [5.41, 5.74) is 22.8. The smallest absolute Gasteiger partial charge is 0.333 e. The van der Waals surface area contributed by atoms with E-state index in [1.807, 2.05) is 0 Å². The third-order valence-corrected chi connectivity index (χ3v) is 14.6. The van der Waals surface area contributed by atoms with Crippen LogP contribution in [0.2, 0.25) is 0 Å². The van der Waals surface area contributed by atoms with Gasteiger partial charge in [-0.15, -0.1) is 0 Å². The highest BCUT2D eigenvalue weighted by Crippen LogP contribution is 2.59. The molecule has 7 aromatic carbocycles. The second-order valence-corrected chi connectivity index (χ2v) is 21.8. The third kappa shape index (κ3) is 4.82. The minimum absolute atomic E-state index is 0.0160. The number of benzene rings is 7. The lowest BCUT2D eigenvalue weighted by molar-refractivity contribution is 0.590. The van der Waals surface area contributed by atoms with Crippen molar-refractivity contribution in [3.8, 4) is 27.9 Å². The molecular weight excluding hydrogens is 739 g/mol. The van der Waals surface area contributed by atoms with Crippen molar-refractivity contribution >= 4 is 72.9 Å². The predicted molar refractivity (Wildman–Crippen MR) is 261 cm³/mol. The molecule has 0 atom stereocenters. The van der Waals surface area contributed by atoms with Crippen LogP contribution in [0, 0.1) is 0 Å². The Hall–Kier alpha value is -6.00. The number of hydrogen-bond acceptors (Lipinski definition) is 2. The quantitative estimate of drug-likeness (QED) is 0.154. The Morgan fingerprint density at radius 2 is 1.20 bits per heavy atom. The van der Waals surface area contributed by atoms with Crippen molar-refractivity contribution in [3.63, 3.8) is 0 Å². The highest BCUT2D eigenvalue weighted by molar-refractivity contribution is 6.94. The Morgan fingerprint density at radius 1 is 0.541 bits per heavy atom. The third-order valence-electron chi connectivity index (χ3n) is 14.6. The largest absolute Gasteiger partial charge is 0.456 e. The van der Waals surface area contributed by atoms with Crippen molar-refractivity contribution in [2.75, 3.05) is 4.81 Å². The van der Waals surface area contributed by atoms with E-state index in [1.54, 1.807) is 0 Å². The fourth-order valence-electron chi connectivity index (χ4n) is 11.4. The van der Waals surface area contributed by atoms with Crippen LogP contribution in [0.1, 0.15) is 104 Å². The molecule has 0 unspecified atom stereocenters. The first-order valence-electron chi connectivity index (χ1n) is 22.2. The number of rotatable bonds is 1. The number of hydrogen-bond donors (Lipinski definition) is 0. The minimum Gasteiger partial charge on any atom is -0.456 e. The number of furan rings is 1. The Balaban J connectivity index is 1.34. The van der Waals surface area contributed by atoms with Crippen LogP contribution in [0.3, 0.4) is 0 Å². The molecule has 9 aromatic rings. The van der Waals surface area contributed by atoms with Crippen LogP contribution in [-0.2, 0) is 21.7 Å². The zero-order valence-electron chi connectivity index (χ0n) is 37.4. The van der Waals surface area contributed by atoms with Crippen molar-refractivity contribution in [1.82, 2.24) is 4.57 Å². The van der Waals surface area contributed by atoms with E-state index < -0.39 is 0 Å². The van der Waals surface area contributed by atoms with Gasteiger partial charge in [-0.05, 0) is 114 Å². The Morgan fingerprint density at radius 3 is 1.93 bits per heavy atom. The summed E-state index contributed by atoms with van der Waals surface area (Å²) in [6.07, 6.45) is 0. The van der Waals surface area contributed by atoms with Gasteiger partial charge in [0.1, 0.15) is 11.2 Å². The normalized spacial score (nSPS) is 15.2. The monoisotopic (exact) mass is 792 g/mol. The molecule has 0 N–H and O–H groups in total. The predicted octanol–water partition coefficient (Wildman–Crippen LogP) is 14.1. The maximum atomic E-state index is 6.74. The average molecular weight is 793 g/mol. The highest BCUT2D eigenvalue weighted by atomic mass is 16.3. The van der Waals surface area contributed by atoms with Crippen LogP contribution in [0.15, 0.2) is 126 Å². The number of para-hydroxylation sites is 1. The van der Waals surface area contributed by atoms with Crippen molar-refractivity contribution in [1.29, 1.82) is 0 Å². The summed E-state index contributed by atoms with van der Waals surface area (Å²) in [4.78, 5) is 2.68. The van der Waals surface area contributed by atoms with E-state index in [1.165, 1.54) is 99.9 Å². The molecule has 61 heavy (non-hydrogen) atoms. The molecule has 0 radical (unpaired) electrons. The van der Waals surface area contributed by atoms with Crippen molar-refractivity contribution < 1.29 is 4.42 Å². The van der Waals surface area contributed by atoms with Gasteiger partial charge < -0.3 is 13.8 Å². The van der Waals surface area contributed by atoms with Gasteiger partial charge in [0.25, 0.3) is 0 Å². The first-order valence-corrected chi connectivity index (χ1v) is 22.2. The molecule has 12 rings (SSSR count). The van der Waals surface area contributed by atoms with Crippen LogP contribution >= 0.6 is 0 Å². The molecular formula is C57H53BN2O. The van der Waals surface area contributed by atoms with Crippen molar-refractivity contribution in [2.45, 2.75) is 97.8 Å². The Bertz CT molecular complexity index is 3390. The first kappa shape index (κ1) is 36.8. The molecule has 0 saturated carbocycles. The molecule has 0 fully saturated rings. The molecule has 0 bridgehead atoms. The van der Waals surface area contributed by atoms with Crippen molar-refractivity contribution in [2.24, 2.45) is 0 Å². The van der Waals surface area contributed by atoms with Gasteiger partial charge in [-0.1, -0.05) is 149 Å². The summed E-state index contributed by atoms with van der Waals surface area (Å²) < 4.78 is 9.37. The molecule has 1 aliphatic carbocycles. The maximum absolute atomic E-state index is 6.74. The van der Waals surface area contributed by atoms with Crippen LogP contribution in [0.5, 0.6) is 0 Å². The maximum Gasteiger partial charge on any atom is 0.333 e. The van der Waals surface area contributed by atoms with Crippen LogP contribution in [0.25, 0.3) is 71.7 Å². The lowest BCUT2D eigenvalue weighted by Crippen LogP contribution is -2.60. The van der Waals surface area contributed by atoms with Gasteiger partial charge in [0.15, 0.2) is 0 Å². The summed E-state index contributed by atoms with van der Waals surface area (Å²) in [5, 5.41) is 5.02. The Labute approximate surface area is 360 Å². The fraction of sp³-hybridized carbons (Fsp3) is 0.263. The second kappa shape index (κ2) is 11.7. The molecule has 3 nitrogen and oxygen atoms in total. The molecule has 0 amide bonds. The minimum atomic E-state index is -0.238. The van der Waals surface area contributed by atoms with Gasteiger partial charge in [-0.2, -0.15) is 0 Å². The van der Waals surface area contributed by atoms with E-state index >= 15 is 0 Å². The zero-order chi connectivity index (χ0) is 42.3. The molecule has 4 heteroatoms.